The summed E-state index contributed by atoms with van der Waals surface area (Å²) in [5.41, 5.74) is 0. The molecule has 100 valence electrons. The first kappa shape index (κ1) is 14.3. The van der Waals surface area contributed by atoms with Crippen LogP contribution in [0.4, 0.5) is 4.39 Å². The Hall–Kier alpha value is -0.110. The van der Waals surface area contributed by atoms with Crippen molar-refractivity contribution in [3.63, 3.8) is 0 Å². The van der Waals surface area contributed by atoms with Gasteiger partial charge < -0.3 is 0 Å². The van der Waals surface area contributed by atoms with Gasteiger partial charge in [-0.15, -0.1) is 0 Å². The van der Waals surface area contributed by atoms with Gasteiger partial charge >= 0.3 is 0 Å². The van der Waals surface area contributed by atoms with Crippen molar-refractivity contribution in [1.82, 2.24) is 4.72 Å². The molecule has 0 spiro atoms. The lowest BCUT2D eigenvalue weighted by Gasteiger charge is -2.22. The van der Waals surface area contributed by atoms with Crippen molar-refractivity contribution in [1.29, 1.82) is 0 Å². The van der Waals surface area contributed by atoms with Gasteiger partial charge in [-0.1, -0.05) is 0 Å². The molecule has 0 atom stereocenters. The van der Waals surface area contributed by atoms with E-state index < -0.39 is 15.8 Å². The third-order valence-electron chi connectivity index (χ3n) is 2.74. The van der Waals surface area contributed by atoms with Gasteiger partial charge in [0, 0.05) is 6.04 Å². The lowest BCUT2D eigenvalue weighted by Crippen LogP contribution is -2.37. The molecule has 1 fully saturated rings. The maximum Gasteiger partial charge on any atom is 0.240 e. The first-order valence-electron chi connectivity index (χ1n) is 5.54. The van der Waals surface area contributed by atoms with Crippen LogP contribution in [0.5, 0.6) is 0 Å². The van der Waals surface area contributed by atoms with E-state index in [1.165, 1.54) is 12.1 Å². The highest BCUT2D eigenvalue weighted by Gasteiger charge is 2.22. The fraction of sp³-hybridized carbons (Fsp3) is 0.455. The number of rotatable bonds is 3. The van der Waals surface area contributed by atoms with E-state index in [0.29, 0.717) is 0 Å². The molecule has 1 heterocycles. The van der Waals surface area contributed by atoms with Crippen LogP contribution in [-0.2, 0) is 10.0 Å². The summed E-state index contributed by atoms with van der Waals surface area (Å²) in [6.45, 7) is 0. The molecule has 3 nitrogen and oxygen atoms in total. The first-order chi connectivity index (χ1) is 8.49. The van der Waals surface area contributed by atoms with E-state index in [2.05, 4.69) is 20.7 Å². The summed E-state index contributed by atoms with van der Waals surface area (Å²) in [7, 11) is -3.62. The zero-order valence-electron chi connectivity index (χ0n) is 9.53. The number of hydrogen-bond donors (Lipinski definition) is 1. The molecule has 0 aliphatic carbocycles. The summed E-state index contributed by atoms with van der Waals surface area (Å²) in [5, 5.41) is 0. The Bertz CT molecular complexity index is 530. The van der Waals surface area contributed by atoms with E-state index in [4.69, 9.17) is 0 Å². The molecule has 2 rings (SSSR count). The van der Waals surface area contributed by atoms with Crippen LogP contribution in [0.3, 0.4) is 0 Å². The van der Waals surface area contributed by atoms with Crippen molar-refractivity contribution in [2.24, 2.45) is 0 Å². The number of benzene rings is 1. The molecule has 1 aromatic rings. The molecule has 0 bridgehead atoms. The Morgan fingerprint density at radius 1 is 1.33 bits per heavy atom. The van der Waals surface area contributed by atoms with Crippen LogP contribution >= 0.6 is 27.7 Å². The van der Waals surface area contributed by atoms with Crippen molar-refractivity contribution < 1.29 is 12.8 Å². The fourth-order valence-corrected chi connectivity index (χ4v) is 4.42. The van der Waals surface area contributed by atoms with E-state index in [-0.39, 0.29) is 15.4 Å². The molecule has 7 heteroatoms. The quantitative estimate of drug-likeness (QED) is 0.908. The Kier molecular flexibility index (Phi) is 4.69. The van der Waals surface area contributed by atoms with Gasteiger partial charge in [0.15, 0.2) is 0 Å². The second-order valence-corrected chi connectivity index (χ2v) is 7.88. The number of nitrogens with one attached hydrogen (secondary N) is 1. The monoisotopic (exact) mass is 353 g/mol. The van der Waals surface area contributed by atoms with Gasteiger partial charge in [-0.2, -0.15) is 11.8 Å². The molecule has 1 N–H and O–H groups in total. The number of halogens is 2. The minimum atomic E-state index is -3.62. The Balaban J connectivity index is 2.16. The largest absolute Gasteiger partial charge is 0.240 e. The van der Waals surface area contributed by atoms with E-state index in [1.807, 2.05) is 11.8 Å². The maximum atomic E-state index is 13.3. The molecule has 0 radical (unpaired) electrons. The molecule has 18 heavy (non-hydrogen) atoms. The van der Waals surface area contributed by atoms with Gasteiger partial charge in [-0.25, -0.2) is 17.5 Å². The normalized spacial score (nSPS) is 17.9. The predicted molar refractivity (Wildman–Crippen MR) is 74.8 cm³/mol. The van der Waals surface area contributed by atoms with Crippen LogP contribution in [0, 0.1) is 5.82 Å². The minimum Gasteiger partial charge on any atom is -0.208 e. The molecular weight excluding hydrogens is 341 g/mol. The highest BCUT2D eigenvalue weighted by atomic mass is 79.9. The molecular formula is C11H13BrFNO2S2. The van der Waals surface area contributed by atoms with Crippen LogP contribution in [-0.4, -0.2) is 26.0 Å². The molecule has 0 aromatic heterocycles. The minimum absolute atomic E-state index is 0.0265. The zero-order valence-corrected chi connectivity index (χ0v) is 12.7. The molecule has 1 saturated heterocycles. The number of hydrogen-bond acceptors (Lipinski definition) is 3. The summed E-state index contributed by atoms with van der Waals surface area (Å²) in [6.07, 6.45) is 1.64. The SMILES string of the molecule is O=S(=O)(NC1CCSCC1)c1ccc(Br)c(F)c1. The van der Waals surface area contributed by atoms with Crippen LogP contribution in [0.1, 0.15) is 12.8 Å². The van der Waals surface area contributed by atoms with Crippen molar-refractivity contribution in [2.75, 3.05) is 11.5 Å². The molecule has 0 saturated carbocycles. The average molecular weight is 354 g/mol. The molecule has 0 unspecified atom stereocenters. The molecule has 0 amide bonds. The summed E-state index contributed by atoms with van der Waals surface area (Å²) in [5.74, 6) is 1.35. The number of thioether (sulfide) groups is 1. The predicted octanol–water partition coefficient (Wildman–Crippen LogP) is 2.76. The summed E-state index contributed by atoms with van der Waals surface area (Å²) in [4.78, 5) is -0.0265. The molecule has 1 aromatic carbocycles. The van der Waals surface area contributed by atoms with Crippen molar-refractivity contribution >= 4 is 37.7 Å². The Morgan fingerprint density at radius 2 is 2.00 bits per heavy atom. The topological polar surface area (TPSA) is 46.2 Å². The third-order valence-corrected chi connectivity index (χ3v) is 5.95. The maximum absolute atomic E-state index is 13.3. The van der Waals surface area contributed by atoms with Gasteiger partial charge in [-0.05, 0) is 58.5 Å². The molecule has 1 aliphatic rings. The second kappa shape index (κ2) is 5.90. The van der Waals surface area contributed by atoms with E-state index in [9.17, 15) is 12.8 Å². The van der Waals surface area contributed by atoms with Crippen molar-refractivity contribution in [3.05, 3.63) is 28.5 Å². The van der Waals surface area contributed by atoms with Gasteiger partial charge in [0.25, 0.3) is 0 Å². The van der Waals surface area contributed by atoms with Gasteiger partial charge in [0.1, 0.15) is 5.82 Å². The Morgan fingerprint density at radius 3 is 2.61 bits per heavy atom. The lowest BCUT2D eigenvalue weighted by molar-refractivity contribution is 0.527. The van der Waals surface area contributed by atoms with E-state index in [0.717, 1.165) is 30.4 Å². The highest BCUT2D eigenvalue weighted by Crippen LogP contribution is 2.22. The first-order valence-corrected chi connectivity index (χ1v) is 8.97. The van der Waals surface area contributed by atoms with Crippen LogP contribution in [0.25, 0.3) is 0 Å². The van der Waals surface area contributed by atoms with Gasteiger partial charge in [-0.3, -0.25) is 0 Å². The van der Waals surface area contributed by atoms with Crippen LogP contribution in [0.15, 0.2) is 27.6 Å². The van der Waals surface area contributed by atoms with Crippen LogP contribution < -0.4 is 4.72 Å². The lowest BCUT2D eigenvalue weighted by atomic mass is 10.2. The second-order valence-electron chi connectivity index (χ2n) is 4.08. The standard InChI is InChI=1S/C11H13BrFNO2S2/c12-10-2-1-9(7-11(10)13)18(15,16)14-8-3-5-17-6-4-8/h1-2,7-8,14H,3-6H2. The van der Waals surface area contributed by atoms with E-state index >= 15 is 0 Å². The zero-order chi connectivity index (χ0) is 13.2. The smallest absolute Gasteiger partial charge is 0.208 e. The highest BCUT2D eigenvalue weighted by molar-refractivity contribution is 9.10. The summed E-state index contributed by atoms with van der Waals surface area (Å²) >= 11 is 4.83. The summed E-state index contributed by atoms with van der Waals surface area (Å²) < 4.78 is 40.4. The van der Waals surface area contributed by atoms with Gasteiger partial charge in [0.2, 0.25) is 10.0 Å². The van der Waals surface area contributed by atoms with Gasteiger partial charge in [0.05, 0.1) is 9.37 Å². The molecule has 1 aliphatic heterocycles. The van der Waals surface area contributed by atoms with E-state index in [1.54, 1.807) is 0 Å². The summed E-state index contributed by atoms with van der Waals surface area (Å²) in [6, 6.07) is 3.79. The Labute approximate surface area is 119 Å². The number of sulfonamides is 1. The van der Waals surface area contributed by atoms with Crippen molar-refractivity contribution in [3.8, 4) is 0 Å². The average Bonchev–Trinajstić information content (AvgIpc) is 2.33. The third kappa shape index (κ3) is 3.46. The van der Waals surface area contributed by atoms with Crippen LogP contribution in [0.2, 0.25) is 0 Å². The fourth-order valence-electron chi connectivity index (χ4n) is 1.75. The van der Waals surface area contributed by atoms with Crippen molar-refractivity contribution in [2.45, 2.75) is 23.8 Å².